The second kappa shape index (κ2) is 2.37. The molecule has 0 radical (unpaired) electrons. The first-order valence-electron chi connectivity index (χ1n) is 4.26. The molecule has 1 aromatic rings. The third kappa shape index (κ3) is 0.742. The zero-order valence-corrected chi connectivity index (χ0v) is 7.62. The smallest absolute Gasteiger partial charge is 0.231 e. The standard InChI is InChI=1S/C9H9NO4/c1-4-6-8(13-2-11-6)5(10)9-7(4)12-3-14-9/h2-3,10H2,1H3. The molecule has 74 valence electrons. The summed E-state index contributed by atoms with van der Waals surface area (Å²) >= 11 is 0. The predicted octanol–water partition coefficient (Wildman–Crippen LogP) is 1.03. The molecule has 1 aromatic carbocycles. The van der Waals surface area contributed by atoms with Crippen LogP contribution in [0.1, 0.15) is 5.56 Å². The Kier molecular flexibility index (Phi) is 1.29. The Morgan fingerprint density at radius 3 is 1.79 bits per heavy atom. The van der Waals surface area contributed by atoms with E-state index in [1.165, 1.54) is 0 Å². The lowest BCUT2D eigenvalue weighted by molar-refractivity contribution is 0.166. The average Bonchev–Trinajstić information content (AvgIpc) is 2.82. The summed E-state index contributed by atoms with van der Waals surface area (Å²) in [5.41, 5.74) is 7.17. The first-order valence-corrected chi connectivity index (χ1v) is 4.26. The van der Waals surface area contributed by atoms with Crippen molar-refractivity contribution < 1.29 is 18.9 Å². The van der Waals surface area contributed by atoms with Gasteiger partial charge in [-0.1, -0.05) is 0 Å². The van der Waals surface area contributed by atoms with Gasteiger partial charge < -0.3 is 24.7 Å². The maximum Gasteiger partial charge on any atom is 0.231 e. The molecule has 0 aromatic heterocycles. The quantitative estimate of drug-likeness (QED) is 0.626. The van der Waals surface area contributed by atoms with Gasteiger partial charge >= 0.3 is 0 Å². The molecule has 0 unspecified atom stereocenters. The van der Waals surface area contributed by atoms with Crippen molar-refractivity contribution in [2.45, 2.75) is 6.92 Å². The number of benzene rings is 1. The summed E-state index contributed by atoms with van der Waals surface area (Å²) < 4.78 is 21.1. The van der Waals surface area contributed by atoms with Crippen LogP contribution >= 0.6 is 0 Å². The topological polar surface area (TPSA) is 62.9 Å². The highest BCUT2D eigenvalue weighted by molar-refractivity contribution is 5.77. The lowest BCUT2D eigenvalue weighted by Crippen LogP contribution is -1.97. The Labute approximate surface area is 80.3 Å². The number of nitrogens with two attached hydrogens (primary N) is 1. The van der Waals surface area contributed by atoms with Crippen LogP contribution in [0.2, 0.25) is 0 Å². The van der Waals surface area contributed by atoms with Crippen LogP contribution in [0.4, 0.5) is 5.69 Å². The maximum atomic E-state index is 5.84. The third-order valence-electron chi connectivity index (χ3n) is 2.40. The van der Waals surface area contributed by atoms with E-state index < -0.39 is 0 Å². The van der Waals surface area contributed by atoms with Gasteiger partial charge in [0, 0.05) is 5.56 Å². The number of hydrogen-bond acceptors (Lipinski definition) is 5. The van der Waals surface area contributed by atoms with Gasteiger partial charge in [0.1, 0.15) is 5.69 Å². The number of rotatable bonds is 0. The Morgan fingerprint density at radius 1 is 0.857 bits per heavy atom. The zero-order valence-electron chi connectivity index (χ0n) is 7.62. The summed E-state index contributed by atoms with van der Waals surface area (Å²) in [4.78, 5) is 0. The number of ether oxygens (including phenoxy) is 4. The van der Waals surface area contributed by atoms with E-state index in [0.29, 0.717) is 28.7 Å². The van der Waals surface area contributed by atoms with Crippen molar-refractivity contribution >= 4 is 5.69 Å². The summed E-state index contributed by atoms with van der Waals surface area (Å²) in [7, 11) is 0. The second-order valence-electron chi connectivity index (χ2n) is 3.17. The average molecular weight is 195 g/mol. The van der Waals surface area contributed by atoms with Gasteiger partial charge in [-0.05, 0) is 6.92 Å². The lowest BCUT2D eigenvalue weighted by atomic mass is 10.1. The minimum Gasteiger partial charge on any atom is -0.453 e. The van der Waals surface area contributed by atoms with E-state index in [4.69, 9.17) is 24.7 Å². The van der Waals surface area contributed by atoms with Gasteiger partial charge in [0.2, 0.25) is 13.6 Å². The van der Waals surface area contributed by atoms with E-state index in [1.807, 2.05) is 6.92 Å². The molecule has 0 aliphatic carbocycles. The van der Waals surface area contributed by atoms with Gasteiger partial charge in [-0.3, -0.25) is 0 Å². The highest BCUT2D eigenvalue weighted by Crippen LogP contribution is 2.53. The molecule has 0 saturated carbocycles. The van der Waals surface area contributed by atoms with E-state index in [9.17, 15) is 0 Å². The molecule has 3 rings (SSSR count). The molecule has 0 saturated heterocycles. The van der Waals surface area contributed by atoms with E-state index in [2.05, 4.69) is 0 Å². The molecule has 5 heteroatoms. The predicted molar refractivity (Wildman–Crippen MR) is 47.8 cm³/mol. The van der Waals surface area contributed by atoms with E-state index in [0.717, 1.165) is 5.56 Å². The molecular weight excluding hydrogens is 186 g/mol. The highest BCUT2D eigenvalue weighted by Gasteiger charge is 2.31. The molecule has 0 fully saturated rings. The first kappa shape index (κ1) is 7.61. The van der Waals surface area contributed by atoms with Crippen molar-refractivity contribution in [1.82, 2.24) is 0 Å². The zero-order chi connectivity index (χ0) is 9.71. The van der Waals surface area contributed by atoms with Crippen LogP contribution in [-0.4, -0.2) is 13.6 Å². The van der Waals surface area contributed by atoms with Crippen LogP contribution in [0.3, 0.4) is 0 Å². The summed E-state index contributed by atoms with van der Waals surface area (Å²) in [5, 5.41) is 0. The maximum absolute atomic E-state index is 5.84. The van der Waals surface area contributed by atoms with Gasteiger partial charge in [0.05, 0.1) is 0 Å². The van der Waals surface area contributed by atoms with Crippen LogP contribution in [-0.2, 0) is 0 Å². The SMILES string of the molecule is Cc1c2c(c(N)c3c1OCO3)OCO2. The molecule has 0 amide bonds. The van der Waals surface area contributed by atoms with Crippen LogP contribution in [0, 0.1) is 6.92 Å². The number of anilines is 1. The molecule has 2 heterocycles. The summed E-state index contributed by atoms with van der Waals surface area (Å²) in [6, 6.07) is 0. The van der Waals surface area contributed by atoms with Gasteiger partial charge in [-0.2, -0.15) is 0 Å². The summed E-state index contributed by atoms with van der Waals surface area (Å²) in [5.74, 6) is 2.44. The summed E-state index contributed by atoms with van der Waals surface area (Å²) in [6.07, 6.45) is 0. The van der Waals surface area contributed by atoms with Crippen molar-refractivity contribution in [2.24, 2.45) is 0 Å². The van der Waals surface area contributed by atoms with Crippen molar-refractivity contribution in [3.63, 3.8) is 0 Å². The van der Waals surface area contributed by atoms with E-state index in [-0.39, 0.29) is 13.6 Å². The van der Waals surface area contributed by atoms with E-state index >= 15 is 0 Å². The molecule has 14 heavy (non-hydrogen) atoms. The minimum atomic E-state index is 0.198. The molecule has 0 atom stereocenters. The molecule has 0 bridgehead atoms. The van der Waals surface area contributed by atoms with E-state index in [1.54, 1.807) is 0 Å². The normalized spacial score (nSPS) is 16.1. The van der Waals surface area contributed by atoms with Crippen LogP contribution in [0.25, 0.3) is 0 Å². The largest absolute Gasteiger partial charge is 0.453 e. The Balaban J connectivity index is 2.33. The molecule has 2 aliphatic heterocycles. The summed E-state index contributed by atoms with van der Waals surface area (Å²) in [6.45, 7) is 2.28. The highest BCUT2D eigenvalue weighted by atomic mass is 16.7. The lowest BCUT2D eigenvalue weighted by Gasteiger charge is -2.07. The van der Waals surface area contributed by atoms with Crippen LogP contribution in [0.5, 0.6) is 23.0 Å². The Hall–Kier alpha value is -1.78. The Bertz CT molecular complexity index is 344. The number of fused-ring (bicyclic) bond motifs is 2. The fourth-order valence-electron chi connectivity index (χ4n) is 1.72. The Morgan fingerprint density at radius 2 is 1.29 bits per heavy atom. The molecular formula is C9H9NO4. The van der Waals surface area contributed by atoms with Crippen molar-refractivity contribution in [3.05, 3.63) is 5.56 Å². The number of hydrogen-bond donors (Lipinski definition) is 1. The fraction of sp³-hybridized carbons (Fsp3) is 0.333. The number of nitrogen functional groups attached to an aromatic ring is 1. The van der Waals surface area contributed by atoms with Gasteiger partial charge in [-0.25, -0.2) is 0 Å². The molecule has 2 N–H and O–H groups in total. The van der Waals surface area contributed by atoms with Crippen molar-refractivity contribution in [1.29, 1.82) is 0 Å². The second-order valence-corrected chi connectivity index (χ2v) is 3.17. The van der Waals surface area contributed by atoms with Crippen LogP contribution < -0.4 is 24.7 Å². The van der Waals surface area contributed by atoms with Crippen molar-refractivity contribution in [3.8, 4) is 23.0 Å². The minimum absolute atomic E-state index is 0.198. The van der Waals surface area contributed by atoms with Gasteiger partial charge in [0.25, 0.3) is 0 Å². The van der Waals surface area contributed by atoms with Gasteiger partial charge in [0.15, 0.2) is 23.0 Å². The first-order chi connectivity index (χ1) is 6.79. The third-order valence-corrected chi connectivity index (χ3v) is 2.40. The molecule has 2 aliphatic rings. The monoisotopic (exact) mass is 195 g/mol. The van der Waals surface area contributed by atoms with Gasteiger partial charge in [-0.15, -0.1) is 0 Å². The molecule has 0 spiro atoms. The molecule has 5 nitrogen and oxygen atoms in total. The van der Waals surface area contributed by atoms with Crippen molar-refractivity contribution in [2.75, 3.05) is 19.3 Å². The van der Waals surface area contributed by atoms with Crippen LogP contribution in [0.15, 0.2) is 0 Å². The fourth-order valence-corrected chi connectivity index (χ4v) is 1.72.